The Kier molecular flexibility index (Phi) is 5.09. The Bertz CT molecular complexity index is 834. The van der Waals surface area contributed by atoms with Crippen molar-refractivity contribution in [1.29, 1.82) is 0 Å². The number of benzene rings is 2. The first-order chi connectivity index (χ1) is 12.5. The Morgan fingerprint density at radius 1 is 1.15 bits per heavy atom. The van der Waals surface area contributed by atoms with Gasteiger partial charge in [-0.2, -0.15) is 0 Å². The zero-order valence-electron chi connectivity index (χ0n) is 14.1. The number of nitrogens with zero attached hydrogens (tertiary/aromatic N) is 1. The predicted octanol–water partition coefficient (Wildman–Crippen LogP) is 2.03. The Morgan fingerprint density at radius 2 is 1.81 bits per heavy atom. The minimum absolute atomic E-state index is 0.0405. The summed E-state index contributed by atoms with van der Waals surface area (Å²) in [6.07, 6.45) is 0.0405. The molecule has 6 nitrogen and oxygen atoms in total. The number of nitrogens with one attached hydrogen (secondary N) is 1. The van der Waals surface area contributed by atoms with Crippen LogP contribution < -0.4 is 10.2 Å². The van der Waals surface area contributed by atoms with E-state index in [1.165, 1.54) is 43.5 Å². The molecule has 3 rings (SSSR count). The summed E-state index contributed by atoms with van der Waals surface area (Å²) < 4.78 is 17.5. The van der Waals surface area contributed by atoms with Crippen molar-refractivity contribution in [3.63, 3.8) is 0 Å². The van der Waals surface area contributed by atoms with Crippen molar-refractivity contribution in [1.82, 2.24) is 5.32 Å². The van der Waals surface area contributed by atoms with E-state index < -0.39 is 12.0 Å². The number of hydrogen-bond donors (Lipinski definition) is 1. The largest absolute Gasteiger partial charge is 0.465 e. The maximum absolute atomic E-state index is 12.9. The number of anilines is 1. The van der Waals surface area contributed by atoms with Gasteiger partial charge in [-0.3, -0.25) is 9.59 Å². The van der Waals surface area contributed by atoms with Crippen LogP contribution in [0.2, 0.25) is 0 Å². The monoisotopic (exact) mass is 356 g/mol. The Balaban J connectivity index is 1.68. The summed E-state index contributed by atoms with van der Waals surface area (Å²) in [5.41, 5.74) is 1.55. The zero-order chi connectivity index (χ0) is 18.7. The van der Waals surface area contributed by atoms with Gasteiger partial charge in [0, 0.05) is 6.54 Å². The normalized spacial score (nSPS) is 16.8. The molecule has 0 spiro atoms. The van der Waals surface area contributed by atoms with Crippen LogP contribution in [0.25, 0.3) is 0 Å². The molecular formula is C19H17FN2O4. The van der Waals surface area contributed by atoms with Crippen LogP contribution in [0.5, 0.6) is 0 Å². The first kappa shape index (κ1) is 17.8. The third kappa shape index (κ3) is 3.62. The van der Waals surface area contributed by atoms with E-state index in [0.29, 0.717) is 17.8 Å². The van der Waals surface area contributed by atoms with E-state index in [2.05, 4.69) is 10.1 Å². The molecule has 1 heterocycles. The summed E-state index contributed by atoms with van der Waals surface area (Å²) in [6.45, 7) is 0.346. The van der Waals surface area contributed by atoms with Crippen LogP contribution in [-0.4, -0.2) is 30.9 Å². The fourth-order valence-electron chi connectivity index (χ4n) is 2.77. The zero-order valence-corrected chi connectivity index (χ0v) is 14.1. The van der Waals surface area contributed by atoms with E-state index in [-0.39, 0.29) is 24.1 Å². The average molecular weight is 356 g/mol. The number of amides is 2. The number of imide groups is 1. The van der Waals surface area contributed by atoms with Crippen LogP contribution in [0.4, 0.5) is 10.1 Å². The van der Waals surface area contributed by atoms with E-state index >= 15 is 0 Å². The molecule has 0 aromatic heterocycles. The average Bonchev–Trinajstić information content (AvgIpc) is 2.94. The highest BCUT2D eigenvalue weighted by molar-refractivity contribution is 6.22. The van der Waals surface area contributed by atoms with Gasteiger partial charge >= 0.3 is 5.97 Å². The van der Waals surface area contributed by atoms with Crippen molar-refractivity contribution in [2.45, 2.75) is 19.0 Å². The highest BCUT2D eigenvalue weighted by Gasteiger charge is 2.39. The Labute approximate surface area is 149 Å². The highest BCUT2D eigenvalue weighted by atomic mass is 19.1. The molecule has 134 valence electrons. The topological polar surface area (TPSA) is 75.7 Å². The fraction of sp³-hybridized carbons (Fsp3) is 0.211. The summed E-state index contributed by atoms with van der Waals surface area (Å²) >= 11 is 0. The molecular weight excluding hydrogens is 339 g/mol. The molecule has 1 fully saturated rings. The number of methoxy groups -OCH3 is 1. The van der Waals surface area contributed by atoms with Gasteiger partial charge < -0.3 is 10.1 Å². The molecule has 1 saturated heterocycles. The molecule has 0 saturated carbocycles. The van der Waals surface area contributed by atoms with Gasteiger partial charge in [-0.05, 0) is 42.0 Å². The van der Waals surface area contributed by atoms with Gasteiger partial charge in [-0.1, -0.05) is 12.1 Å². The minimum Gasteiger partial charge on any atom is -0.465 e. The molecule has 1 aliphatic heterocycles. The molecule has 0 bridgehead atoms. The molecule has 1 N–H and O–H groups in total. The van der Waals surface area contributed by atoms with Gasteiger partial charge in [0.25, 0.3) is 5.91 Å². The van der Waals surface area contributed by atoms with Crippen LogP contribution in [0.3, 0.4) is 0 Å². The number of rotatable bonds is 5. The molecule has 2 amide bonds. The number of halogens is 1. The maximum Gasteiger partial charge on any atom is 0.337 e. The lowest BCUT2D eigenvalue weighted by Gasteiger charge is -2.16. The lowest BCUT2D eigenvalue weighted by atomic mass is 10.2. The predicted molar refractivity (Wildman–Crippen MR) is 91.9 cm³/mol. The number of esters is 1. The van der Waals surface area contributed by atoms with E-state index in [1.54, 1.807) is 12.1 Å². The summed E-state index contributed by atoms with van der Waals surface area (Å²) in [7, 11) is 1.28. The first-order valence-electron chi connectivity index (χ1n) is 8.02. The first-order valence-corrected chi connectivity index (χ1v) is 8.02. The molecule has 0 radical (unpaired) electrons. The van der Waals surface area contributed by atoms with Crippen molar-refractivity contribution < 1.29 is 23.5 Å². The van der Waals surface area contributed by atoms with E-state index in [1.807, 2.05) is 0 Å². The molecule has 7 heteroatoms. The fourth-order valence-corrected chi connectivity index (χ4v) is 2.77. The number of carbonyl (C=O) groups excluding carboxylic acids is 3. The van der Waals surface area contributed by atoms with Gasteiger partial charge in [0.05, 0.1) is 30.8 Å². The molecule has 1 atom stereocenters. The van der Waals surface area contributed by atoms with E-state index in [9.17, 15) is 18.8 Å². The lowest BCUT2D eigenvalue weighted by Crippen LogP contribution is -2.38. The van der Waals surface area contributed by atoms with Crippen molar-refractivity contribution >= 4 is 23.5 Å². The lowest BCUT2D eigenvalue weighted by molar-refractivity contribution is -0.121. The van der Waals surface area contributed by atoms with Crippen LogP contribution in [0, 0.1) is 5.82 Å². The van der Waals surface area contributed by atoms with E-state index in [4.69, 9.17) is 0 Å². The van der Waals surface area contributed by atoms with Gasteiger partial charge in [0.1, 0.15) is 5.82 Å². The van der Waals surface area contributed by atoms with Crippen LogP contribution in [-0.2, 0) is 20.9 Å². The van der Waals surface area contributed by atoms with Gasteiger partial charge in [0.2, 0.25) is 5.91 Å². The number of hydrogen-bond acceptors (Lipinski definition) is 5. The van der Waals surface area contributed by atoms with Gasteiger partial charge in [0.15, 0.2) is 0 Å². The maximum atomic E-state index is 12.9. The van der Waals surface area contributed by atoms with Crippen LogP contribution in [0.15, 0.2) is 48.5 Å². The van der Waals surface area contributed by atoms with Crippen molar-refractivity contribution in [3.8, 4) is 0 Å². The van der Waals surface area contributed by atoms with Crippen LogP contribution >= 0.6 is 0 Å². The number of ether oxygens (including phenoxy) is 1. The van der Waals surface area contributed by atoms with Gasteiger partial charge in [-0.25, -0.2) is 14.1 Å². The summed E-state index contributed by atoms with van der Waals surface area (Å²) in [5.74, 6) is -1.50. The second-order valence-corrected chi connectivity index (χ2v) is 5.87. The van der Waals surface area contributed by atoms with Gasteiger partial charge in [-0.15, -0.1) is 0 Å². The second kappa shape index (κ2) is 7.45. The molecule has 2 aromatic carbocycles. The summed E-state index contributed by atoms with van der Waals surface area (Å²) in [6, 6.07) is 11.3. The summed E-state index contributed by atoms with van der Waals surface area (Å²) in [5, 5.41) is 3.03. The second-order valence-electron chi connectivity index (χ2n) is 5.87. The Hall–Kier alpha value is -3.06. The standard InChI is InChI=1S/C19H17FN2O4/c1-26-19(25)13-4-8-15(9-5-13)22-17(23)10-16(18(22)24)21-11-12-2-6-14(20)7-3-12/h2-9,16,21H,10-11H2,1H3/t16-/m0/s1. The van der Waals surface area contributed by atoms with E-state index in [0.717, 1.165) is 10.5 Å². The Morgan fingerprint density at radius 3 is 2.42 bits per heavy atom. The van der Waals surface area contributed by atoms with Crippen molar-refractivity contribution in [2.24, 2.45) is 0 Å². The third-order valence-electron chi connectivity index (χ3n) is 4.16. The molecule has 2 aromatic rings. The summed E-state index contributed by atoms with van der Waals surface area (Å²) in [4.78, 5) is 37.4. The minimum atomic E-state index is -0.646. The molecule has 0 unspecified atom stereocenters. The van der Waals surface area contributed by atoms with Crippen molar-refractivity contribution in [2.75, 3.05) is 12.0 Å². The SMILES string of the molecule is COC(=O)c1ccc(N2C(=O)C[C@H](NCc3ccc(F)cc3)C2=O)cc1. The smallest absolute Gasteiger partial charge is 0.337 e. The van der Waals surface area contributed by atoms with Crippen LogP contribution in [0.1, 0.15) is 22.3 Å². The van der Waals surface area contributed by atoms with Crippen molar-refractivity contribution in [3.05, 3.63) is 65.5 Å². The third-order valence-corrected chi connectivity index (χ3v) is 4.16. The molecule has 0 aliphatic carbocycles. The highest BCUT2D eigenvalue weighted by Crippen LogP contribution is 2.23. The molecule has 1 aliphatic rings. The molecule has 26 heavy (non-hydrogen) atoms. The number of carbonyl (C=O) groups is 3. The quantitative estimate of drug-likeness (QED) is 0.655.